The summed E-state index contributed by atoms with van der Waals surface area (Å²) in [5.74, 6) is 0.833. The van der Waals surface area contributed by atoms with Crippen molar-refractivity contribution < 1.29 is 9.53 Å². The van der Waals surface area contributed by atoms with E-state index in [9.17, 15) is 4.79 Å². The van der Waals surface area contributed by atoms with Crippen LogP contribution in [0.25, 0.3) is 0 Å². The molecule has 0 bridgehead atoms. The normalized spacial score (nSPS) is 21.7. The molecule has 3 rings (SSSR count). The Morgan fingerprint density at radius 3 is 2.52 bits per heavy atom. The minimum absolute atomic E-state index is 0.0410. The van der Waals surface area contributed by atoms with Crippen molar-refractivity contribution in [2.24, 2.45) is 5.41 Å². The van der Waals surface area contributed by atoms with E-state index >= 15 is 0 Å². The molecule has 1 heterocycles. The zero-order valence-corrected chi connectivity index (χ0v) is 14.4. The van der Waals surface area contributed by atoms with Crippen LogP contribution in [0.3, 0.4) is 0 Å². The highest BCUT2D eigenvalue weighted by atomic mass is 32.1. The van der Waals surface area contributed by atoms with E-state index in [4.69, 9.17) is 10.5 Å². The smallest absolute Gasteiger partial charge is 0.231 e. The lowest BCUT2D eigenvalue weighted by molar-refractivity contribution is -0.124. The Kier molecular flexibility index (Phi) is 3.80. The number of ether oxygens (including phenoxy) is 1. The molecule has 0 aliphatic heterocycles. The summed E-state index contributed by atoms with van der Waals surface area (Å²) in [4.78, 5) is 17.1. The first kappa shape index (κ1) is 15.8. The minimum Gasteiger partial charge on any atom is -0.497 e. The second kappa shape index (κ2) is 5.53. The molecule has 1 aromatic heterocycles. The number of amides is 1. The van der Waals surface area contributed by atoms with Crippen LogP contribution in [0.4, 0.5) is 5.13 Å². The van der Waals surface area contributed by atoms with Crippen LogP contribution in [0.1, 0.15) is 31.5 Å². The molecular weight excluding hydrogens is 310 g/mol. The largest absolute Gasteiger partial charge is 0.497 e. The topological polar surface area (TPSA) is 77.2 Å². The van der Waals surface area contributed by atoms with Gasteiger partial charge < -0.3 is 15.8 Å². The lowest BCUT2D eigenvalue weighted by Gasteiger charge is -2.20. The van der Waals surface area contributed by atoms with Crippen molar-refractivity contribution in [3.05, 3.63) is 40.9 Å². The van der Waals surface area contributed by atoms with Crippen molar-refractivity contribution in [1.82, 2.24) is 10.3 Å². The van der Waals surface area contributed by atoms with Gasteiger partial charge in [0.15, 0.2) is 5.13 Å². The van der Waals surface area contributed by atoms with Crippen LogP contribution >= 0.6 is 11.3 Å². The third-order valence-electron chi connectivity index (χ3n) is 4.71. The lowest BCUT2D eigenvalue weighted by Crippen LogP contribution is -2.37. The van der Waals surface area contributed by atoms with Gasteiger partial charge in [-0.25, -0.2) is 4.98 Å². The molecule has 0 spiro atoms. The van der Waals surface area contributed by atoms with E-state index in [1.54, 1.807) is 7.11 Å². The Balaban J connectivity index is 1.79. The van der Waals surface area contributed by atoms with Gasteiger partial charge in [0.1, 0.15) is 5.75 Å². The molecule has 23 heavy (non-hydrogen) atoms. The minimum atomic E-state index is -0.485. The van der Waals surface area contributed by atoms with Gasteiger partial charge in [0, 0.05) is 5.38 Å². The lowest BCUT2D eigenvalue weighted by atomic mass is 9.87. The molecule has 0 saturated heterocycles. The van der Waals surface area contributed by atoms with Crippen molar-refractivity contribution in [1.29, 1.82) is 0 Å². The van der Waals surface area contributed by atoms with Gasteiger partial charge in [-0.15, -0.1) is 11.3 Å². The van der Waals surface area contributed by atoms with E-state index in [-0.39, 0.29) is 11.3 Å². The maximum Gasteiger partial charge on any atom is 0.231 e. The van der Waals surface area contributed by atoms with Gasteiger partial charge in [-0.1, -0.05) is 26.0 Å². The Morgan fingerprint density at radius 1 is 1.39 bits per heavy atom. The van der Waals surface area contributed by atoms with Gasteiger partial charge in [-0.2, -0.15) is 0 Å². The van der Waals surface area contributed by atoms with Crippen LogP contribution in [0.2, 0.25) is 0 Å². The molecule has 1 aliphatic rings. The number of nitrogens with one attached hydrogen (secondary N) is 1. The summed E-state index contributed by atoms with van der Waals surface area (Å²) in [5.41, 5.74) is 6.90. The first-order valence-electron chi connectivity index (χ1n) is 7.52. The number of hydrogen-bond donors (Lipinski definition) is 2. The molecule has 1 amide bonds. The molecule has 1 fully saturated rings. The average molecular weight is 331 g/mol. The van der Waals surface area contributed by atoms with E-state index in [0.29, 0.717) is 11.7 Å². The molecule has 6 heteroatoms. The summed E-state index contributed by atoms with van der Waals surface area (Å²) in [6.45, 7) is 4.65. The standard InChI is InChI=1S/C17H21N3O2S/c1-16(2)10-17(16,11-4-6-13(22-3)7-5-11)14(21)19-8-12-9-23-15(18)20-12/h4-7,9H,8,10H2,1-3H3,(H2,18,20)(H,19,21)/t17-/m0/s1. The highest BCUT2D eigenvalue weighted by molar-refractivity contribution is 7.13. The molecule has 2 aromatic rings. The average Bonchev–Trinajstić information content (AvgIpc) is 2.89. The van der Waals surface area contributed by atoms with E-state index in [2.05, 4.69) is 24.1 Å². The van der Waals surface area contributed by atoms with Gasteiger partial charge in [0.05, 0.1) is 24.8 Å². The summed E-state index contributed by atoms with van der Waals surface area (Å²) < 4.78 is 5.20. The summed E-state index contributed by atoms with van der Waals surface area (Å²) in [6.07, 6.45) is 0.831. The molecule has 5 nitrogen and oxygen atoms in total. The molecular formula is C17H21N3O2S. The number of hydrogen-bond acceptors (Lipinski definition) is 5. The Hall–Kier alpha value is -2.08. The number of rotatable bonds is 5. The van der Waals surface area contributed by atoms with Crippen LogP contribution in [0, 0.1) is 5.41 Å². The number of nitrogens with two attached hydrogens (primary N) is 1. The fraction of sp³-hybridized carbons (Fsp3) is 0.412. The number of methoxy groups -OCH3 is 1. The predicted octanol–water partition coefficient (Wildman–Crippen LogP) is 2.72. The maximum absolute atomic E-state index is 12.9. The zero-order valence-electron chi connectivity index (χ0n) is 13.6. The Labute approximate surface area is 139 Å². The molecule has 1 atom stereocenters. The predicted molar refractivity (Wildman–Crippen MR) is 91.4 cm³/mol. The van der Waals surface area contributed by atoms with Crippen LogP contribution in [-0.2, 0) is 16.8 Å². The third-order valence-corrected chi connectivity index (χ3v) is 5.43. The summed E-state index contributed by atoms with van der Waals surface area (Å²) in [6, 6.07) is 7.77. The molecule has 1 aromatic carbocycles. The fourth-order valence-corrected chi connectivity index (χ4v) is 3.79. The highest BCUT2D eigenvalue weighted by Gasteiger charge is 2.66. The molecule has 0 radical (unpaired) electrons. The number of benzene rings is 1. The summed E-state index contributed by atoms with van der Waals surface area (Å²) in [7, 11) is 1.64. The monoisotopic (exact) mass is 331 g/mol. The van der Waals surface area contributed by atoms with E-state index in [0.717, 1.165) is 23.4 Å². The highest BCUT2D eigenvalue weighted by Crippen LogP contribution is 2.64. The van der Waals surface area contributed by atoms with Crippen LogP contribution in [0.15, 0.2) is 29.6 Å². The number of nitrogens with zero attached hydrogens (tertiary/aromatic N) is 1. The van der Waals surface area contributed by atoms with E-state index in [1.807, 2.05) is 29.6 Å². The van der Waals surface area contributed by atoms with E-state index in [1.165, 1.54) is 11.3 Å². The SMILES string of the molecule is COc1ccc([C@]2(C(=O)NCc3csc(N)n3)CC2(C)C)cc1. The van der Waals surface area contributed by atoms with Crippen molar-refractivity contribution >= 4 is 22.4 Å². The van der Waals surface area contributed by atoms with Gasteiger partial charge in [-0.3, -0.25) is 4.79 Å². The molecule has 0 unspecified atom stereocenters. The number of thiazole rings is 1. The number of nitrogen functional groups attached to an aromatic ring is 1. The van der Waals surface area contributed by atoms with E-state index < -0.39 is 5.41 Å². The number of aromatic nitrogens is 1. The van der Waals surface area contributed by atoms with Crippen molar-refractivity contribution in [3.63, 3.8) is 0 Å². The number of anilines is 1. The first-order valence-corrected chi connectivity index (χ1v) is 8.40. The van der Waals surface area contributed by atoms with Gasteiger partial charge in [0.25, 0.3) is 0 Å². The molecule has 1 saturated carbocycles. The molecule has 1 aliphatic carbocycles. The second-order valence-electron chi connectivity index (χ2n) is 6.55. The summed E-state index contributed by atoms with van der Waals surface area (Å²) >= 11 is 1.38. The van der Waals surface area contributed by atoms with Crippen LogP contribution in [0.5, 0.6) is 5.75 Å². The number of carbonyl (C=O) groups excluding carboxylic acids is 1. The second-order valence-corrected chi connectivity index (χ2v) is 7.44. The Morgan fingerprint density at radius 2 is 2.04 bits per heavy atom. The molecule has 3 N–H and O–H groups in total. The van der Waals surface area contributed by atoms with Crippen molar-refractivity contribution in [3.8, 4) is 5.75 Å². The first-order chi connectivity index (χ1) is 10.9. The Bertz CT molecular complexity index is 724. The van der Waals surface area contributed by atoms with Gasteiger partial charge in [0.2, 0.25) is 5.91 Å². The quantitative estimate of drug-likeness (QED) is 0.883. The van der Waals surface area contributed by atoms with Crippen LogP contribution < -0.4 is 15.8 Å². The molecule has 122 valence electrons. The fourth-order valence-electron chi connectivity index (χ4n) is 3.23. The zero-order chi connectivity index (χ0) is 16.7. The number of carbonyl (C=O) groups is 1. The van der Waals surface area contributed by atoms with Gasteiger partial charge >= 0.3 is 0 Å². The maximum atomic E-state index is 12.9. The van der Waals surface area contributed by atoms with Crippen LogP contribution in [-0.4, -0.2) is 18.0 Å². The van der Waals surface area contributed by atoms with Gasteiger partial charge in [-0.05, 0) is 29.5 Å². The third kappa shape index (κ3) is 2.67. The van der Waals surface area contributed by atoms with Crippen molar-refractivity contribution in [2.45, 2.75) is 32.2 Å². The van der Waals surface area contributed by atoms with Crippen molar-refractivity contribution in [2.75, 3.05) is 12.8 Å². The summed E-state index contributed by atoms with van der Waals surface area (Å²) in [5, 5.41) is 5.40.